The molecule has 1 rings (SSSR count). The number of aryl methyl sites for hydroxylation is 1. The molecule has 0 amide bonds. The second kappa shape index (κ2) is 7.87. The summed E-state index contributed by atoms with van der Waals surface area (Å²) in [7, 11) is 0. The highest BCUT2D eigenvalue weighted by molar-refractivity contribution is 5.32. The Morgan fingerprint density at radius 1 is 1.12 bits per heavy atom. The number of rotatable bonds is 8. The summed E-state index contributed by atoms with van der Waals surface area (Å²) in [6, 6.07) is 1.69. The summed E-state index contributed by atoms with van der Waals surface area (Å²) in [5.74, 6) is 1.83. The van der Waals surface area contributed by atoms with Crippen LogP contribution >= 0.6 is 0 Å². The zero-order valence-corrected chi connectivity index (χ0v) is 10.9. The van der Waals surface area contributed by atoms with E-state index in [-0.39, 0.29) is 0 Å². The van der Waals surface area contributed by atoms with Gasteiger partial charge >= 0.3 is 0 Å². The van der Waals surface area contributed by atoms with Gasteiger partial charge in [0, 0.05) is 12.5 Å². The van der Waals surface area contributed by atoms with Gasteiger partial charge in [-0.15, -0.1) is 0 Å². The van der Waals surface area contributed by atoms with Crippen LogP contribution in [0, 0.1) is 0 Å². The number of unbranched alkanes of at least 4 members (excludes halogenated alkanes) is 4. The molecular weight excluding hydrogens is 214 g/mol. The van der Waals surface area contributed by atoms with E-state index in [9.17, 15) is 0 Å². The van der Waals surface area contributed by atoms with Gasteiger partial charge in [0.2, 0.25) is 5.88 Å². The van der Waals surface area contributed by atoms with Crippen LogP contribution in [-0.2, 0) is 6.42 Å². The predicted octanol–water partition coefficient (Wildman–Crippen LogP) is 2.97. The summed E-state index contributed by atoms with van der Waals surface area (Å²) in [4.78, 5) is 8.38. The van der Waals surface area contributed by atoms with E-state index in [1.807, 2.05) is 6.92 Å². The number of aromatic nitrogens is 2. The fourth-order valence-electron chi connectivity index (χ4n) is 1.61. The van der Waals surface area contributed by atoms with Crippen LogP contribution in [-0.4, -0.2) is 16.6 Å². The van der Waals surface area contributed by atoms with Crippen molar-refractivity contribution in [2.45, 2.75) is 52.4 Å². The lowest BCUT2D eigenvalue weighted by Gasteiger charge is -2.07. The predicted molar refractivity (Wildman–Crippen MR) is 70.1 cm³/mol. The third-order valence-corrected chi connectivity index (χ3v) is 2.58. The average Bonchev–Trinajstić information content (AvgIpc) is 2.33. The molecule has 0 fully saturated rings. The molecule has 0 aromatic carbocycles. The van der Waals surface area contributed by atoms with E-state index in [0.717, 1.165) is 18.7 Å². The molecule has 0 saturated heterocycles. The minimum Gasteiger partial charge on any atom is -0.478 e. The Kier molecular flexibility index (Phi) is 6.37. The first-order valence-electron chi connectivity index (χ1n) is 6.52. The second-order valence-corrected chi connectivity index (χ2v) is 4.16. The lowest BCUT2D eigenvalue weighted by molar-refractivity contribution is 0.292. The standard InChI is InChI=1S/C13H23N3O/c1-3-5-6-7-8-9-17-13-10-11(14)15-12(4-2)16-13/h10H,3-9H2,1-2H3,(H2,14,15,16). The molecule has 0 aliphatic carbocycles. The highest BCUT2D eigenvalue weighted by Crippen LogP contribution is 2.12. The number of nitrogens with zero attached hydrogens (tertiary/aromatic N) is 2. The molecule has 0 bridgehead atoms. The van der Waals surface area contributed by atoms with E-state index < -0.39 is 0 Å². The molecule has 1 heterocycles. The van der Waals surface area contributed by atoms with Crippen molar-refractivity contribution in [2.75, 3.05) is 12.3 Å². The smallest absolute Gasteiger partial charge is 0.218 e. The molecular formula is C13H23N3O. The maximum Gasteiger partial charge on any atom is 0.218 e. The van der Waals surface area contributed by atoms with Crippen LogP contribution < -0.4 is 10.5 Å². The van der Waals surface area contributed by atoms with Crippen LogP contribution in [0.25, 0.3) is 0 Å². The molecule has 4 nitrogen and oxygen atoms in total. The van der Waals surface area contributed by atoms with Gasteiger partial charge in [-0.05, 0) is 6.42 Å². The molecule has 1 aromatic heterocycles. The first-order chi connectivity index (χ1) is 8.26. The Morgan fingerprint density at radius 3 is 2.59 bits per heavy atom. The highest BCUT2D eigenvalue weighted by atomic mass is 16.5. The fourth-order valence-corrected chi connectivity index (χ4v) is 1.61. The van der Waals surface area contributed by atoms with Crippen LogP contribution in [0.1, 0.15) is 51.8 Å². The number of hydrogen-bond acceptors (Lipinski definition) is 4. The van der Waals surface area contributed by atoms with E-state index in [2.05, 4.69) is 16.9 Å². The van der Waals surface area contributed by atoms with Gasteiger partial charge in [0.25, 0.3) is 0 Å². The van der Waals surface area contributed by atoms with Gasteiger partial charge in [0.15, 0.2) is 0 Å². The van der Waals surface area contributed by atoms with Gasteiger partial charge < -0.3 is 10.5 Å². The first-order valence-corrected chi connectivity index (χ1v) is 6.52. The molecule has 17 heavy (non-hydrogen) atoms. The highest BCUT2D eigenvalue weighted by Gasteiger charge is 2.01. The number of hydrogen-bond donors (Lipinski definition) is 1. The summed E-state index contributed by atoms with van der Waals surface area (Å²) in [6.45, 7) is 4.93. The van der Waals surface area contributed by atoms with Crippen molar-refractivity contribution in [1.82, 2.24) is 9.97 Å². The van der Waals surface area contributed by atoms with E-state index in [4.69, 9.17) is 10.5 Å². The monoisotopic (exact) mass is 237 g/mol. The van der Waals surface area contributed by atoms with Crippen molar-refractivity contribution in [1.29, 1.82) is 0 Å². The summed E-state index contributed by atoms with van der Waals surface area (Å²) < 4.78 is 5.58. The molecule has 0 radical (unpaired) electrons. The van der Waals surface area contributed by atoms with E-state index in [1.54, 1.807) is 6.07 Å². The summed E-state index contributed by atoms with van der Waals surface area (Å²) in [6.07, 6.45) is 6.92. The lowest BCUT2D eigenvalue weighted by atomic mass is 10.2. The molecule has 0 spiro atoms. The zero-order valence-electron chi connectivity index (χ0n) is 10.9. The normalized spacial score (nSPS) is 10.5. The molecule has 4 heteroatoms. The third kappa shape index (κ3) is 5.52. The van der Waals surface area contributed by atoms with Gasteiger partial charge in [-0.3, -0.25) is 0 Å². The van der Waals surface area contributed by atoms with Gasteiger partial charge in [-0.2, -0.15) is 4.98 Å². The molecule has 2 N–H and O–H groups in total. The van der Waals surface area contributed by atoms with Crippen molar-refractivity contribution in [3.8, 4) is 5.88 Å². The van der Waals surface area contributed by atoms with Crippen molar-refractivity contribution >= 4 is 5.82 Å². The maximum atomic E-state index is 5.67. The quantitative estimate of drug-likeness (QED) is 0.706. The molecule has 0 atom stereocenters. The minimum absolute atomic E-state index is 0.484. The van der Waals surface area contributed by atoms with Crippen LogP contribution in [0.4, 0.5) is 5.82 Å². The average molecular weight is 237 g/mol. The molecule has 0 aliphatic rings. The number of nitrogen functional groups attached to an aromatic ring is 1. The Balaban J connectivity index is 2.28. The van der Waals surface area contributed by atoms with E-state index in [0.29, 0.717) is 18.3 Å². The Morgan fingerprint density at radius 2 is 1.88 bits per heavy atom. The Labute approximate surface area is 104 Å². The first kappa shape index (κ1) is 13.7. The van der Waals surface area contributed by atoms with Crippen molar-refractivity contribution in [3.63, 3.8) is 0 Å². The molecule has 0 unspecified atom stereocenters. The largest absolute Gasteiger partial charge is 0.478 e. The number of nitrogens with two attached hydrogens (primary N) is 1. The minimum atomic E-state index is 0.484. The van der Waals surface area contributed by atoms with Gasteiger partial charge in [-0.25, -0.2) is 4.98 Å². The number of ether oxygens (including phenoxy) is 1. The summed E-state index contributed by atoms with van der Waals surface area (Å²) in [5, 5.41) is 0. The van der Waals surface area contributed by atoms with Crippen LogP contribution in [0.15, 0.2) is 6.07 Å². The second-order valence-electron chi connectivity index (χ2n) is 4.16. The van der Waals surface area contributed by atoms with Crippen molar-refractivity contribution in [3.05, 3.63) is 11.9 Å². The van der Waals surface area contributed by atoms with Gasteiger partial charge in [0.1, 0.15) is 11.6 Å². The van der Waals surface area contributed by atoms with Crippen molar-refractivity contribution in [2.24, 2.45) is 0 Å². The van der Waals surface area contributed by atoms with Gasteiger partial charge in [0.05, 0.1) is 6.61 Å². The Bertz CT molecular complexity index is 328. The van der Waals surface area contributed by atoms with Crippen molar-refractivity contribution < 1.29 is 4.74 Å². The summed E-state index contributed by atoms with van der Waals surface area (Å²) >= 11 is 0. The van der Waals surface area contributed by atoms with Crippen LogP contribution in [0.5, 0.6) is 5.88 Å². The Hall–Kier alpha value is -1.32. The SMILES string of the molecule is CCCCCCCOc1cc(N)nc(CC)n1. The molecule has 0 saturated carbocycles. The van der Waals surface area contributed by atoms with E-state index >= 15 is 0 Å². The topological polar surface area (TPSA) is 61.0 Å². The van der Waals surface area contributed by atoms with Crippen LogP contribution in [0.2, 0.25) is 0 Å². The number of anilines is 1. The summed E-state index contributed by atoms with van der Waals surface area (Å²) in [5.41, 5.74) is 5.67. The molecule has 96 valence electrons. The molecule has 0 aliphatic heterocycles. The lowest BCUT2D eigenvalue weighted by Crippen LogP contribution is -2.04. The maximum absolute atomic E-state index is 5.67. The third-order valence-electron chi connectivity index (χ3n) is 2.58. The zero-order chi connectivity index (χ0) is 12.5. The fraction of sp³-hybridized carbons (Fsp3) is 0.692. The van der Waals surface area contributed by atoms with E-state index in [1.165, 1.54) is 25.7 Å². The van der Waals surface area contributed by atoms with Crippen LogP contribution in [0.3, 0.4) is 0 Å². The van der Waals surface area contributed by atoms with Gasteiger partial charge in [-0.1, -0.05) is 39.5 Å². The molecule has 1 aromatic rings.